The number of aromatic nitrogens is 1. The van der Waals surface area contributed by atoms with Gasteiger partial charge in [-0.15, -0.1) is 0 Å². The number of likely N-dealkylation sites (N-methyl/N-ethyl adjacent to an activating group) is 1. The van der Waals surface area contributed by atoms with Crippen LogP contribution >= 0.6 is 27.3 Å². The van der Waals surface area contributed by atoms with Crippen LogP contribution in [0.4, 0.5) is 0 Å². The predicted octanol–water partition coefficient (Wildman–Crippen LogP) is 3.46. The van der Waals surface area contributed by atoms with Gasteiger partial charge in [0.05, 0.1) is 34.4 Å². The molecule has 1 aromatic carbocycles. The summed E-state index contributed by atoms with van der Waals surface area (Å²) >= 11 is 4.79. The average molecular weight is 500 g/mol. The summed E-state index contributed by atoms with van der Waals surface area (Å²) < 4.78 is 8.25. The number of furan rings is 1. The second kappa shape index (κ2) is 8.80. The number of hydrogen-bond donors (Lipinski definition) is 0. The molecule has 8 heteroatoms. The van der Waals surface area contributed by atoms with Crippen molar-refractivity contribution in [3.8, 4) is 0 Å². The molecule has 1 aliphatic heterocycles. The van der Waals surface area contributed by atoms with Gasteiger partial charge in [-0.2, -0.15) is 0 Å². The Balaban J connectivity index is 1.97. The molecule has 0 aliphatic carbocycles. The number of nitrogens with zero attached hydrogens (tertiary/aromatic N) is 3. The lowest BCUT2D eigenvalue weighted by molar-refractivity contribution is -0.127. The van der Waals surface area contributed by atoms with Crippen LogP contribution in [0.5, 0.6) is 0 Å². The molecule has 0 saturated heterocycles. The van der Waals surface area contributed by atoms with E-state index in [2.05, 4.69) is 20.9 Å². The zero-order chi connectivity index (χ0) is 22.1. The van der Waals surface area contributed by atoms with Gasteiger partial charge in [0.2, 0.25) is 0 Å². The number of halogens is 1. The summed E-state index contributed by atoms with van der Waals surface area (Å²) in [5.74, 6) is -0.0942. The number of allylic oxidation sites excluding steroid dienone is 1. The minimum Gasteiger partial charge on any atom is -0.472 e. The molecular weight excluding hydrogens is 478 g/mol. The van der Waals surface area contributed by atoms with Crippen molar-refractivity contribution in [1.82, 2.24) is 9.47 Å². The number of amides is 1. The highest BCUT2D eigenvalue weighted by Crippen LogP contribution is 2.31. The summed E-state index contributed by atoms with van der Waals surface area (Å²) in [5.41, 5.74) is 2.68. The van der Waals surface area contributed by atoms with E-state index in [1.165, 1.54) is 11.3 Å². The summed E-state index contributed by atoms with van der Waals surface area (Å²) in [4.78, 5) is 34.0. The fourth-order valence-electron chi connectivity index (χ4n) is 3.75. The Hall–Kier alpha value is -2.71. The molecule has 0 saturated carbocycles. The van der Waals surface area contributed by atoms with Crippen LogP contribution in [0.25, 0.3) is 6.08 Å². The summed E-state index contributed by atoms with van der Waals surface area (Å²) in [5, 5.41) is 0. The van der Waals surface area contributed by atoms with Crippen LogP contribution in [0.3, 0.4) is 0 Å². The van der Waals surface area contributed by atoms with Crippen LogP contribution in [0.1, 0.15) is 37.9 Å². The third-order valence-corrected chi connectivity index (χ3v) is 6.84. The fraction of sp³-hybridized carbons (Fsp3) is 0.261. The van der Waals surface area contributed by atoms with Gasteiger partial charge in [0.15, 0.2) is 4.80 Å². The molecule has 0 N–H and O–H groups in total. The third kappa shape index (κ3) is 3.97. The van der Waals surface area contributed by atoms with Gasteiger partial charge in [-0.3, -0.25) is 14.2 Å². The van der Waals surface area contributed by atoms with Crippen LogP contribution in [-0.2, 0) is 4.79 Å². The number of fused-ring (bicyclic) bond motifs is 1. The molecule has 1 amide bonds. The van der Waals surface area contributed by atoms with E-state index in [1.807, 2.05) is 45.0 Å². The highest BCUT2D eigenvalue weighted by Gasteiger charge is 2.34. The van der Waals surface area contributed by atoms with Crippen molar-refractivity contribution in [3.05, 3.63) is 89.4 Å². The van der Waals surface area contributed by atoms with Crippen LogP contribution in [0.15, 0.2) is 72.8 Å². The number of thiazole rings is 1. The van der Waals surface area contributed by atoms with Crippen LogP contribution in [0.2, 0.25) is 0 Å². The summed E-state index contributed by atoms with van der Waals surface area (Å²) in [6.45, 7) is 6.92. The number of rotatable bonds is 5. The Morgan fingerprint density at radius 3 is 2.58 bits per heavy atom. The Labute approximate surface area is 192 Å². The minimum atomic E-state index is -0.538. The first-order chi connectivity index (χ1) is 14.9. The molecule has 6 nitrogen and oxygen atoms in total. The monoisotopic (exact) mass is 499 g/mol. The maximum absolute atomic E-state index is 13.5. The van der Waals surface area contributed by atoms with Gasteiger partial charge >= 0.3 is 0 Å². The normalized spacial score (nSPS) is 16.3. The molecule has 0 fully saturated rings. The van der Waals surface area contributed by atoms with E-state index in [9.17, 15) is 9.59 Å². The zero-order valence-corrected chi connectivity index (χ0v) is 19.9. The average Bonchev–Trinajstić information content (AvgIpc) is 3.37. The Kier molecular flexibility index (Phi) is 6.11. The van der Waals surface area contributed by atoms with Crippen molar-refractivity contribution in [3.63, 3.8) is 0 Å². The number of carbonyl (C=O) groups excluding carboxylic acids is 1. The SMILES string of the molecule is CCN(CC)C(=O)C1=C(C)N=c2sc(=Cc3ccoc3)c(=O)n2C1c1ccc(Br)cc1. The molecule has 0 radical (unpaired) electrons. The summed E-state index contributed by atoms with van der Waals surface area (Å²) in [6.07, 6.45) is 4.95. The van der Waals surface area contributed by atoms with E-state index < -0.39 is 6.04 Å². The summed E-state index contributed by atoms with van der Waals surface area (Å²) in [7, 11) is 0. The first-order valence-electron chi connectivity index (χ1n) is 10.0. The van der Waals surface area contributed by atoms with E-state index in [0.717, 1.165) is 15.6 Å². The molecular formula is C23H22BrN3O3S. The molecule has 1 unspecified atom stereocenters. The van der Waals surface area contributed by atoms with E-state index in [0.29, 0.717) is 33.7 Å². The molecule has 3 aromatic rings. The van der Waals surface area contributed by atoms with Crippen molar-refractivity contribution in [2.45, 2.75) is 26.8 Å². The highest BCUT2D eigenvalue weighted by atomic mass is 79.9. The van der Waals surface area contributed by atoms with E-state index in [-0.39, 0.29) is 11.5 Å². The van der Waals surface area contributed by atoms with Gasteiger partial charge in [0.25, 0.3) is 11.5 Å². The number of benzene rings is 1. The van der Waals surface area contributed by atoms with E-state index in [4.69, 9.17) is 4.42 Å². The van der Waals surface area contributed by atoms with Crippen molar-refractivity contribution >= 4 is 39.2 Å². The van der Waals surface area contributed by atoms with Crippen molar-refractivity contribution < 1.29 is 9.21 Å². The molecule has 160 valence electrons. The molecule has 1 atom stereocenters. The predicted molar refractivity (Wildman–Crippen MR) is 125 cm³/mol. The second-order valence-corrected chi connectivity index (χ2v) is 9.09. The first-order valence-corrected chi connectivity index (χ1v) is 11.6. The fourth-order valence-corrected chi connectivity index (χ4v) is 5.06. The Morgan fingerprint density at radius 1 is 1.26 bits per heavy atom. The molecule has 3 heterocycles. The molecule has 4 rings (SSSR count). The van der Waals surface area contributed by atoms with Gasteiger partial charge < -0.3 is 9.32 Å². The Bertz CT molecular complexity index is 1310. The smallest absolute Gasteiger partial charge is 0.271 e. The molecule has 1 aliphatic rings. The van der Waals surface area contributed by atoms with Crippen molar-refractivity contribution in [1.29, 1.82) is 0 Å². The molecule has 31 heavy (non-hydrogen) atoms. The largest absolute Gasteiger partial charge is 0.472 e. The van der Waals surface area contributed by atoms with Gasteiger partial charge in [-0.25, -0.2) is 4.99 Å². The van der Waals surface area contributed by atoms with Gasteiger partial charge in [-0.05, 0) is 50.6 Å². The second-order valence-electron chi connectivity index (χ2n) is 7.17. The maximum Gasteiger partial charge on any atom is 0.271 e. The van der Waals surface area contributed by atoms with E-state index in [1.54, 1.807) is 34.1 Å². The number of carbonyl (C=O) groups is 1. The highest BCUT2D eigenvalue weighted by molar-refractivity contribution is 9.10. The lowest BCUT2D eigenvalue weighted by Gasteiger charge is -2.29. The van der Waals surface area contributed by atoms with Gasteiger partial charge in [-0.1, -0.05) is 39.4 Å². The lowest BCUT2D eigenvalue weighted by atomic mass is 9.94. The van der Waals surface area contributed by atoms with Crippen LogP contribution < -0.4 is 14.9 Å². The third-order valence-electron chi connectivity index (χ3n) is 5.33. The lowest BCUT2D eigenvalue weighted by Crippen LogP contribution is -2.43. The van der Waals surface area contributed by atoms with Crippen molar-refractivity contribution in [2.24, 2.45) is 4.99 Å². The molecule has 2 aromatic heterocycles. The standard InChI is InChI=1S/C23H22BrN3O3S/c1-4-26(5-2)22(29)19-14(3)25-23-27(20(19)16-6-8-17(24)9-7-16)21(28)18(31-23)12-15-10-11-30-13-15/h6-13,20H,4-5H2,1-3H3. The molecule has 0 spiro atoms. The van der Waals surface area contributed by atoms with Crippen molar-refractivity contribution in [2.75, 3.05) is 13.1 Å². The zero-order valence-electron chi connectivity index (χ0n) is 17.5. The Morgan fingerprint density at radius 2 is 1.97 bits per heavy atom. The topological polar surface area (TPSA) is 67.8 Å². The van der Waals surface area contributed by atoms with Gasteiger partial charge in [0, 0.05) is 23.1 Å². The van der Waals surface area contributed by atoms with Crippen LogP contribution in [-0.4, -0.2) is 28.5 Å². The maximum atomic E-state index is 13.5. The summed E-state index contributed by atoms with van der Waals surface area (Å²) in [6, 6.07) is 8.98. The van der Waals surface area contributed by atoms with Gasteiger partial charge in [0.1, 0.15) is 0 Å². The van der Waals surface area contributed by atoms with Crippen LogP contribution in [0, 0.1) is 0 Å². The molecule has 0 bridgehead atoms. The van der Waals surface area contributed by atoms with E-state index >= 15 is 0 Å². The quantitative estimate of drug-likeness (QED) is 0.539. The number of hydrogen-bond acceptors (Lipinski definition) is 5. The minimum absolute atomic E-state index is 0.0942. The first kappa shape index (κ1) is 21.5.